The lowest BCUT2D eigenvalue weighted by Crippen LogP contribution is -2.34. The lowest BCUT2D eigenvalue weighted by Gasteiger charge is -2.13. The molecule has 0 aliphatic heterocycles. The van der Waals surface area contributed by atoms with E-state index in [2.05, 4.69) is 4.72 Å². The Balaban J connectivity index is 2.22. The van der Waals surface area contributed by atoms with Crippen molar-refractivity contribution in [3.05, 3.63) is 40.0 Å². The second kappa shape index (κ2) is 6.00. The van der Waals surface area contributed by atoms with Crippen molar-refractivity contribution in [2.45, 2.75) is 31.2 Å². The van der Waals surface area contributed by atoms with Gasteiger partial charge in [0.1, 0.15) is 15.5 Å². The smallest absolute Gasteiger partial charge is 0.347 e. The lowest BCUT2D eigenvalue weighted by molar-refractivity contribution is 0.0698. The van der Waals surface area contributed by atoms with E-state index in [0.29, 0.717) is 17.7 Å². The van der Waals surface area contributed by atoms with Crippen molar-refractivity contribution in [1.82, 2.24) is 4.72 Å². The van der Waals surface area contributed by atoms with Crippen LogP contribution in [-0.2, 0) is 16.4 Å². The molecule has 0 amide bonds. The number of furan rings is 1. The van der Waals surface area contributed by atoms with Gasteiger partial charge in [0.25, 0.3) is 0 Å². The van der Waals surface area contributed by atoms with Gasteiger partial charge in [-0.2, -0.15) is 0 Å². The van der Waals surface area contributed by atoms with Gasteiger partial charge in [0, 0.05) is 12.5 Å². The SMILES string of the molecule is Cc1csc(C(=O)O)c1S(=O)(=O)NC(C)Cc1ccco1. The van der Waals surface area contributed by atoms with Crippen LogP contribution in [0, 0.1) is 6.92 Å². The third-order valence-corrected chi connectivity index (χ3v) is 5.82. The Morgan fingerprint density at radius 2 is 2.24 bits per heavy atom. The highest BCUT2D eigenvalue weighted by molar-refractivity contribution is 7.89. The molecule has 0 saturated carbocycles. The summed E-state index contributed by atoms with van der Waals surface area (Å²) < 4.78 is 32.4. The van der Waals surface area contributed by atoms with Crippen molar-refractivity contribution in [2.75, 3.05) is 0 Å². The molecule has 0 bridgehead atoms. The molecule has 21 heavy (non-hydrogen) atoms. The Hall–Kier alpha value is -1.64. The van der Waals surface area contributed by atoms with Gasteiger partial charge >= 0.3 is 5.97 Å². The maximum Gasteiger partial charge on any atom is 0.347 e. The molecule has 0 spiro atoms. The molecule has 0 saturated heterocycles. The van der Waals surface area contributed by atoms with E-state index in [4.69, 9.17) is 9.52 Å². The number of carbonyl (C=O) groups is 1. The van der Waals surface area contributed by atoms with Crippen LogP contribution < -0.4 is 4.72 Å². The van der Waals surface area contributed by atoms with Crippen LogP contribution in [0.3, 0.4) is 0 Å². The van der Waals surface area contributed by atoms with Gasteiger partial charge in [-0.3, -0.25) is 0 Å². The van der Waals surface area contributed by atoms with Crippen LogP contribution in [0.25, 0.3) is 0 Å². The minimum Gasteiger partial charge on any atom is -0.477 e. The van der Waals surface area contributed by atoms with E-state index < -0.39 is 22.0 Å². The predicted octanol–water partition coefficient (Wildman–Crippen LogP) is 2.26. The van der Waals surface area contributed by atoms with Gasteiger partial charge < -0.3 is 9.52 Å². The van der Waals surface area contributed by atoms with E-state index in [1.54, 1.807) is 26.0 Å². The molecule has 2 N–H and O–H groups in total. The monoisotopic (exact) mass is 329 g/mol. The number of rotatable bonds is 6. The standard InChI is InChI=1S/C13H15NO5S2/c1-8-7-20-11(13(15)16)12(8)21(17,18)14-9(2)6-10-4-3-5-19-10/h3-5,7,9,14H,6H2,1-2H3,(H,15,16). The second-order valence-electron chi connectivity index (χ2n) is 4.69. The summed E-state index contributed by atoms with van der Waals surface area (Å²) in [4.78, 5) is 10.8. The van der Waals surface area contributed by atoms with E-state index in [1.807, 2.05) is 0 Å². The molecule has 0 fully saturated rings. The topological polar surface area (TPSA) is 96.6 Å². The summed E-state index contributed by atoms with van der Waals surface area (Å²) in [5.41, 5.74) is 0.426. The number of carboxylic acids is 1. The Labute approximate surface area is 126 Å². The molecule has 1 atom stereocenters. The molecule has 0 aliphatic carbocycles. The van der Waals surface area contributed by atoms with Crippen molar-refractivity contribution in [3.8, 4) is 0 Å². The largest absolute Gasteiger partial charge is 0.477 e. The molecule has 0 aliphatic rings. The first kappa shape index (κ1) is 15.7. The molecule has 0 radical (unpaired) electrons. The highest BCUT2D eigenvalue weighted by atomic mass is 32.2. The van der Waals surface area contributed by atoms with Crippen LogP contribution in [0.5, 0.6) is 0 Å². The molecule has 2 heterocycles. The number of aryl methyl sites for hydroxylation is 1. The molecule has 114 valence electrons. The van der Waals surface area contributed by atoms with Crippen LogP contribution in [0.15, 0.2) is 33.1 Å². The van der Waals surface area contributed by atoms with Gasteiger partial charge in [-0.1, -0.05) is 0 Å². The fourth-order valence-electron chi connectivity index (χ4n) is 2.01. The lowest BCUT2D eigenvalue weighted by atomic mass is 10.2. The average molecular weight is 329 g/mol. The zero-order valence-corrected chi connectivity index (χ0v) is 13.1. The average Bonchev–Trinajstić information content (AvgIpc) is 2.97. The zero-order valence-electron chi connectivity index (χ0n) is 11.5. The highest BCUT2D eigenvalue weighted by Crippen LogP contribution is 2.27. The summed E-state index contributed by atoms with van der Waals surface area (Å²) in [5.74, 6) is -0.585. The third kappa shape index (κ3) is 3.52. The normalized spacial score (nSPS) is 13.2. The third-order valence-electron chi connectivity index (χ3n) is 2.82. The van der Waals surface area contributed by atoms with Crippen LogP contribution in [-0.4, -0.2) is 25.5 Å². The quantitative estimate of drug-likeness (QED) is 0.847. The van der Waals surface area contributed by atoms with Crippen LogP contribution in [0.2, 0.25) is 0 Å². The van der Waals surface area contributed by atoms with E-state index in [0.717, 1.165) is 11.3 Å². The van der Waals surface area contributed by atoms with E-state index in [1.165, 1.54) is 11.6 Å². The molecule has 0 aromatic carbocycles. The number of nitrogens with one attached hydrogen (secondary N) is 1. The summed E-state index contributed by atoms with van der Waals surface area (Å²) in [5, 5.41) is 10.6. The van der Waals surface area contributed by atoms with E-state index >= 15 is 0 Å². The minimum absolute atomic E-state index is 0.161. The van der Waals surface area contributed by atoms with Crippen molar-refractivity contribution >= 4 is 27.3 Å². The maximum absolute atomic E-state index is 12.4. The van der Waals surface area contributed by atoms with Gasteiger partial charge in [0.15, 0.2) is 0 Å². The highest BCUT2D eigenvalue weighted by Gasteiger charge is 2.28. The van der Waals surface area contributed by atoms with Gasteiger partial charge in [-0.25, -0.2) is 17.9 Å². The Bertz CT molecular complexity index is 731. The summed E-state index contributed by atoms with van der Waals surface area (Å²) in [7, 11) is -3.89. The molecule has 8 heteroatoms. The first-order valence-corrected chi connectivity index (χ1v) is 8.53. The Morgan fingerprint density at radius 1 is 1.52 bits per heavy atom. The Kier molecular flexibility index (Phi) is 4.50. The molecular weight excluding hydrogens is 314 g/mol. The molecule has 2 aromatic heterocycles. The van der Waals surface area contributed by atoms with E-state index in [-0.39, 0.29) is 9.77 Å². The molecule has 1 unspecified atom stereocenters. The molecular formula is C13H15NO5S2. The second-order valence-corrected chi connectivity index (χ2v) is 7.22. The van der Waals surface area contributed by atoms with Crippen molar-refractivity contribution in [3.63, 3.8) is 0 Å². The summed E-state index contributed by atoms with van der Waals surface area (Å²) in [6.45, 7) is 3.27. The van der Waals surface area contributed by atoms with E-state index in [9.17, 15) is 13.2 Å². The number of hydrogen-bond acceptors (Lipinski definition) is 5. The fraction of sp³-hybridized carbons (Fsp3) is 0.308. The molecule has 2 aromatic rings. The first-order chi connectivity index (χ1) is 9.81. The number of thiophene rings is 1. The van der Waals surface area contributed by atoms with Crippen LogP contribution >= 0.6 is 11.3 Å². The molecule has 2 rings (SSSR count). The number of sulfonamides is 1. The maximum atomic E-state index is 12.4. The molecule has 6 nitrogen and oxygen atoms in total. The predicted molar refractivity (Wildman–Crippen MR) is 78.2 cm³/mol. The summed E-state index contributed by atoms with van der Waals surface area (Å²) in [6, 6.07) is 3.06. The van der Waals surface area contributed by atoms with Gasteiger partial charge in [0.2, 0.25) is 10.0 Å². The summed E-state index contributed by atoms with van der Waals surface area (Å²) in [6.07, 6.45) is 1.90. The van der Waals surface area contributed by atoms with Crippen molar-refractivity contribution in [2.24, 2.45) is 0 Å². The van der Waals surface area contributed by atoms with Crippen LogP contribution in [0.4, 0.5) is 0 Å². The number of aromatic carboxylic acids is 1. The minimum atomic E-state index is -3.89. The zero-order chi connectivity index (χ0) is 15.6. The van der Waals surface area contributed by atoms with Gasteiger partial charge in [0.05, 0.1) is 6.26 Å². The first-order valence-electron chi connectivity index (χ1n) is 6.17. The van der Waals surface area contributed by atoms with Crippen molar-refractivity contribution < 1.29 is 22.7 Å². The number of carboxylic acid groups (broad SMARTS) is 1. The van der Waals surface area contributed by atoms with Crippen molar-refractivity contribution in [1.29, 1.82) is 0 Å². The summed E-state index contributed by atoms with van der Waals surface area (Å²) >= 11 is 0.906. The fourth-order valence-corrected chi connectivity index (χ4v) is 4.89. The van der Waals surface area contributed by atoms with Gasteiger partial charge in [-0.15, -0.1) is 11.3 Å². The number of hydrogen-bond donors (Lipinski definition) is 2. The Morgan fingerprint density at radius 3 is 2.81 bits per heavy atom. The van der Waals surface area contributed by atoms with Crippen LogP contribution in [0.1, 0.15) is 27.9 Å². The van der Waals surface area contributed by atoms with Gasteiger partial charge in [-0.05, 0) is 36.9 Å².